The van der Waals surface area contributed by atoms with Crippen molar-refractivity contribution in [2.24, 2.45) is 20.4 Å². The normalized spacial score (nSPS) is 15.6. The molecule has 0 unspecified atom stereocenters. The molecule has 1 aliphatic heterocycles. The van der Waals surface area contributed by atoms with E-state index in [1.54, 1.807) is 0 Å². The van der Waals surface area contributed by atoms with Gasteiger partial charge in [-0.3, -0.25) is 0 Å². The molecule has 30 heavy (non-hydrogen) atoms. The topological polar surface area (TPSA) is 67.9 Å². The first kappa shape index (κ1) is 21.6. The molecule has 0 aromatic heterocycles. The molecule has 2 aromatic carbocycles. The van der Waals surface area contributed by atoms with Crippen molar-refractivity contribution in [3.05, 3.63) is 71.8 Å². The molecular weight excluding hydrogens is 392 g/mol. The third-order valence-corrected chi connectivity index (χ3v) is 7.77. The van der Waals surface area contributed by atoms with Gasteiger partial charge in [0.05, 0.1) is 0 Å². The van der Waals surface area contributed by atoms with E-state index in [1.165, 1.54) is 0 Å². The molecule has 2 aromatic rings. The lowest BCUT2D eigenvalue weighted by Crippen LogP contribution is -2.51. The van der Waals surface area contributed by atoms with E-state index in [4.69, 9.17) is 8.85 Å². The van der Waals surface area contributed by atoms with E-state index in [-0.39, 0.29) is 0 Å². The Morgan fingerprint density at radius 2 is 1.03 bits per heavy atom. The van der Waals surface area contributed by atoms with Crippen LogP contribution in [-0.4, -0.2) is 31.8 Å². The summed E-state index contributed by atoms with van der Waals surface area (Å²) in [4.78, 5) is 0. The molecule has 0 aliphatic carbocycles. The zero-order valence-electron chi connectivity index (χ0n) is 18.0. The fourth-order valence-corrected chi connectivity index (χ4v) is 5.17. The highest BCUT2D eigenvalue weighted by atomic mass is 28.4. The average molecular weight is 421 g/mol. The summed E-state index contributed by atoms with van der Waals surface area (Å²) in [6.07, 6.45) is 1.06. The molecule has 7 heteroatoms. The molecule has 0 atom stereocenters. The molecule has 0 N–H and O–H groups in total. The standard InChI is InChI=1S/C23H28N4O2Si/c1-18(2)24-26-22(20-12-7-5-8-13-20)28-30(16-11-17-30)29-23(27-25-19(3)4)21-14-9-6-10-15-21/h5-10,12-15H,11,16-17H2,1-4H3/b26-22+,27-23+. The fraction of sp³-hybridized carbons (Fsp3) is 0.304. The maximum absolute atomic E-state index is 6.50. The molecule has 1 aliphatic rings. The third-order valence-electron chi connectivity index (χ3n) is 4.40. The SMILES string of the molecule is CC(C)=N/N=C(/O[Si]1(O/C(=N/N=C(C)C)c2ccccc2)CCC1)c1ccccc1. The van der Waals surface area contributed by atoms with Gasteiger partial charge in [-0.05, 0) is 58.4 Å². The zero-order valence-corrected chi connectivity index (χ0v) is 19.0. The van der Waals surface area contributed by atoms with E-state index in [0.29, 0.717) is 11.8 Å². The van der Waals surface area contributed by atoms with Gasteiger partial charge in [-0.2, -0.15) is 10.2 Å². The van der Waals surface area contributed by atoms with Crippen LogP contribution in [-0.2, 0) is 8.85 Å². The van der Waals surface area contributed by atoms with E-state index >= 15 is 0 Å². The molecule has 3 rings (SSSR count). The minimum atomic E-state index is -2.58. The first-order valence-corrected chi connectivity index (χ1v) is 12.4. The van der Waals surface area contributed by atoms with E-state index in [1.807, 2.05) is 88.4 Å². The Bertz CT molecular complexity index is 882. The van der Waals surface area contributed by atoms with Gasteiger partial charge in [0.2, 0.25) is 11.8 Å². The van der Waals surface area contributed by atoms with Crippen molar-refractivity contribution in [3.63, 3.8) is 0 Å². The molecule has 1 heterocycles. The molecule has 1 saturated heterocycles. The first-order valence-electron chi connectivity index (χ1n) is 10.1. The summed E-state index contributed by atoms with van der Waals surface area (Å²) in [6, 6.07) is 21.4. The summed E-state index contributed by atoms with van der Waals surface area (Å²) in [5, 5.41) is 17.2. The Balaban J connectivity index is 1.93. The highest BCUT2D eigenvalue weighted by Gasteiger charge is 2.51. The lowest BCUT2D eigenvalue weighted by molar-refractivity contribution is 0.338. The largest absolute Gasteiger partial charge is 0.496 e. The van der Waals surface area contributed by atoms with Gasteiger partial charge in [0.1, 0.15) is 0 Å². The van der Waals surface area contributed by atoms with Gasteiger partial charge < -0.3 is 8.85 Å². The average Bonchev–Trinajstić information content (AvgIpc) is 2.72. The highest BCUT2D eigenvalue weighted by Crippen LogP contribution is 2.36. The second-order valence-corrected chi connectivity index (χ2v) is 10.8. The van der Waals surface area contributed by atoms with Crippen LogP contribution in [0.2, 0.25) is 12.1 Å². The predicted molar refractivity (Wildman–Crippen MR) is 126 cm³/mol. The first-order chi connectivity index (χ1) is 14.5. The van der Waals surface area contributed by atoms with Gasteiger partial charge in [0.15, 0.2) is 0 Å². The van der Waals surface area contributed by atoms with Gasteiger partial charge in [-0.25, -0.2) is 0 Å². The van der Waals surface area contributed by atoms with Crippen LogP contribution in [0.1, 0.15) is 45.2 Å². The van der Waals surface area contributed by atoms with E-state index < -0.39 is 8.56 Å². The number of rotatable bonds is 6. The number of hydrogen-bond acceptors (Lipinski definition) is 6. The molecule has 0 spiro atoms. The Morgan fingerprint density at radius 1 is 0.633 bits per heavy atom. The van der Waals surface area contributed by atoms with Crippen LogP contribution in [0.3, 0.4) is 0 Å². The van der Waals surface area contributed by atoms with E-state index in [0.717, 1.165) is 41.1 Å². The van der Waals surface area contributed by atoms with Gasteiger partial charge in [-0.1, -0.05) is 36.4 Å². The molecule has 0 bridgehead atoms. The van der Waals surface area contributed by atoms with Gasteiger partial charge in [-0.15, -0.1) is 10.2 Å². The van der Waals surface area contributed by atoms with Crippen molar-refractivity contribution < 1.29 is 8.85 Å². The molecule has 6 nitrogen and oxygen atoms in total. The quantitative estimate of drug-likeness (QED) is 0.266. The van der Waals surface area contributed by atoms with E-state index in [2.05, 4.69) is 20.4 Å². The summed E-state index contributed by atoms with van der Waals surface area (Å²) in [5.41, 5.74) is 3.48. The van der Waals surface area contributed by atoms with Crippen molar-refractivity contribution in [2.45, 2.75) is 46.2 Å². The number of hydrogen-bond donors (Lipinski definition) is 0. The molecule has 156 valence electrons. The predicted octanol–water partition coefficient (Wildman–Crippen LogP) is 5.55. The van der Waals surface area contributed by atoms with Crippen molar-refractivity contribution in [3.8, 4) is 0 Å². The van der Waals surface area contributed by atoms with Crippen molar-refractivity contribution >= 4 is 31.8 Å². The molecule has 1 fully saturated rings. The monoisotopic (exact) mass is 420 g/mol. The summed E-state index contributed by atoms with van der Waals surface area (Å²) >= 11 is 0. The Hall–Kier alpha value is -3.06. The van der Waals surface area contributed by atoms with Crippen LogP contribution >= 0.6 is 0 Å². The second-order valence-electron chi connectivity index (χ2n) is 7.61. The van der Waals surface area contributed by atoms with Crippen molar-refractivity contribution in [1.29, 1.82) is 0 Å². The highest BCUT2D eigenvalue weighted by molar-refractivity contribution is 6.73. The maximum atomic E-state index is 6.50. The van der Waals surface area contributed by atoms with Crippen LogP contribution in [0.25, 0.3) is 0 Å². The Morgan fingerprint density at radius 3 is 1.33 bits per heavy atom. The maximum Gasteiger partial charge on any atom is 0.462 e. The lowest BCUT2D eigenvalue weighted by atomic mass is 10.2. The van der Waals surface area contributed by atoms with Crippen LogP contribution < -0.4 is 0 Å². The number of benzene rings is 2. The summed E-state index contributed by atoms with van der Waals surface area (Å²) in [5.74, 6) is 0.983. The van der Waals surface area contributed by atoms with E-state index in [9.17, 15) is 0 Å². The van der Waals surface area contributed by atoms with Crippen molar-refractivity contribution in [1.82, 2.24) is 0 Å². The van der Waals surface area contributed by atoms with Gasteiger partial charge >= 0.3 is 8.56 Å². The van der Waals surface area contributed by atoms with Crippen molar-refractivity contribution in [2.75, 3.05) is 0 Å². The minimum Gasteiger partial charge on any atom is -0.496 e. The minimum absolute atomic E-state index is 0.491. The zero-order chi connectivity index (χ0) is 21.4. The van der Waals surface area contributed by atoms with Crippen LogP contribution in [0.15, 0.2) is 81.1 Å². The lowest BCUT2D eigenvalue weighted by Gasteiger charge is -2.37. The van der Waals surface area contributed by atoms with Crippen LogP contribution in [0.5, 0.6) is 0 Å². The molecule has 0 saturated carbocycles. The Kier molecular flexibility index (Phi) is 7.29. The molecule has 0 amide bonds. The fourth-order valence-electron chi connectivity index (χ4n) is 2.77. The molecular formula is C23H28N4O2Si. The summed E-state index contributed by atoms with van der Waals surface area (Å²) in [6.45, 7) is 7.63. The Labute approximate surface area is 179 Å². The summed E-state index contributed by atoms with van der Waals surface area (Å²) in [7, 11) is -2.58. The third kappa shape index (κ3) is 5.97. The van der Waals surface area contributed by atoms with Crippen LogP contribution in [0, 0.1) is 0 Å². The second kappa shape index (κ2) is 10.1. The van der Waals surface area contributed by atoms with Gasteiger partial charge in [0.25, 0.3) is 0 Å². The summed E-state index contributed by atoms with van der Waals surface area (Å²) < 4.78 is 13.0. The van der Waals surface area contributed by atoms with Crippen LogP contribution in [0.4, 0.5) is 0 Å². The molecule has 0 radical (unpaired) electrons. The smallest absolute Gasteiger partial charge is 0.462 e. The number of nitrogens with zero attached hydrogens (tertiary/aromatic N) is 4. The van der Waals surface area contributed by atoms with Gasteiger partial charge in [0, 0.05) is 34.6 Å².